The highest BCUT2D eigenvalue weighted by Gasteiger charge is 2.31. The minimum Gasteiger partial charge on any atom is -0.366 e. The first kappa shape index (κ1) is 18.4. The van der Waals surface area contributed by atoms with Crippen LogP contribution < -0.4 is 11.1 Å². The van der Waals surface area contributed by atoms with E-state index >= 15 is 0 Å². The van der Waals surface area contributed by atoms with Crippen molar-refractivity contribution < 1.29 is 14.0 Å². The molecule has 26 heavy (non-hydrogen) atoms. The zero-order valence-electron chi connectivity index (χ0n) is 14.6. The third kappa shape index (κ3) is 3.33. The fourth-order valence-corrected chi connectivity index (χ4v) is 4.02. The van der Waals surface area contributed by atoms with E-state index in [2.05, 4.69) is 21.2 Å². The van der Waals surface area contributed by atoms with Crippen LogP contribution in [0, 0.1) is 5.82 Å². The Morgan fingerprint density at radius 3 is 2.65 bits per heavy atom. The van der Waals surface area contributed by atoms with Gasteiger partial charge in [-0.2, -0.15) is 0 Å². The number of primary amides is 1. The van der Waals surface area contributed by atoms with E-state index in [1.807, 2.05) is 18.4 Å². The summed E-state index contributed by atoms with van der Waals surface area (Å²) in [5, 5.41) is 2.85. The second-order valence-electron chi connectivity index (χ2n) is 6.54. The molecule has 0 bridgehead atoms. The van der Waals surface area contributed by atoms with Crippen LogP contribution >= 0.6 is 15.9 Å². The zero-order chi connectivity index (χ0) is 19.0. The molecule has 0 radical (unpaired) electrons. The summed E-state index contributed by atoms with van der Waals surface area (Å²) in [6.07, 6.45) is 0. The van der Waals surface area contributed by atoms with Gasteiger partial charge in [0.05, 0.1) is 22.4 Å². The molecular weight excluding hydrogens is 403 g/mol. The van der Waals surface area contributed by atoms with Crippen LogP contribution in [0.15, 0.2) is 28.9 Å². The largest absolute Gasteiger partial charge is 0.366 e. The Balaban J connectivity index is 2.07. The Morgan fingerprint density at radius 2 is 2.04 bits per heavy atom. The molecule has 0 spiro atoms. The van der Waals surface area contributed by atoms with Gasteiger partial charge in [-0.3, -0.25) is 4.79 Å². The smallest absolute Gasteiger partial charge is 0.318 e. The molecule has 138 valence electrons. The van der Waals surface area contributed by atoms with E-state index < -0.39 is 11.7 Å². The van der Waals surface area contributed by atoms with Gasteiger partial charge in [0.1, 0.15) is 5.82 Å². The average Bonchev–Trinajstić information content (AvgIpc) is 2.86. The van der Waals surface area contributed by atoms with Gasteiger partial charge in [0.25, 0.3) is 5.91 Å². The fraction of sp³-hybridized carbons (Fsp3) is 0.333. The number of halogens is 2. The molecular formula is C18H20BrFN4O2. The molecule has 0 fully saturated rings. The molecule has 0 saturated carbocycles. The van der Waals surface area contributed by atoms with Gasteiger partial charge in [-0.25, -0.2) is 9.18 Å². The number of amides is 3. The molecule has 1 aromatic heterocycles. The standard InChI is InChI=1S/C18H20BrFN4O2/c1-10(2)22-18(26)23-6-7-24-13(9-23)15(17(21)25)14(16(24)19)11-4-3-5-12(20)8-11/h3-5,8,10H,6-7,9H2,1-2H3,(H2,21,25)(H,22,26). The van der Waals surface area contributed by atoms with Gasteiger partial charge in [0.2, 0.25) is 0 Å². The highest BCUT2D eigenvalue weighted by atomic mass is 79.9. The highest BCUT2D eigenvalue weighted by Crippen LogP contribution is 2.38. The fourth-order valence-electron chi connectivity index (χ4n) is 3.20. The number of fused-ring (bicyclic) bond motifs is 1. The molecule has 0 saturated heterocycles. The molecule has 0 aliphatic carbocycles. The summed E-state index contributed by atoms with van der Waals surface area (Å²) in [5.74, 6) is -1.00. The van der Waals surface area contributed by atoms with E-state index in [0.717, 1.165) is 0 Å². The van der Waals surface area contributed by atoms with Crippen molar-refractivity contribution in [1.82, 2.24) is 14.8 Å². The number of rotatable bonds is 3. The molecule has 3 rings (SSSR count). The zero-order valence-corrected chi connectivity index (χ0v) is 16.1. The van der Waals surface area contributed by atoms with Crippen LogP contribution in [0.5, 0.6) is 0 Å². The summed E-state index contributed by atoms with van der Waals surface area (Å²) >= 11 is 3.53. The van der Waals surface area contributed by atoms with Gasteiger partial charge < -0.3 is 20.5 Å². The molecule has 6 nitrogen and oxygen atoms in total. The molecule has 3 N–H and O–H groups in total. The van der Waals surface area contributed by atoms with E-state index in [1.165, 1.54) is 12.1 Å². The number of carbonyl (C=O) groups is 2. The maximum atomic E-state index is 13.7. The van der Waals surface area contributed by atoms with Gasteiger partial charge in [0.15, 0.2) is 0 Å². The van der Waals surface area contributed by atoms with Gasteiger partial charge >= 0.3 is 6.03 Å². The first-order valence-corrected chi connectivity index (χ1v) is 9.11. The van der Waals surface area contributed by atoms with Crippen molar-refractivity contribution in [3.8, 4) is 11.1 Å². The Kier molecular flexibility index (Phi) is 5.04. The molecule has 3 amide bonds. The maximum Gasteiger partial charge on any atom is 0.318 e. The number of nitrogens with zero attached hydrogens (tertiary/aromatic N) is 2. The van der Waals surface area contributed by atoms with Gasteiger partial charge in [0, 0.05) is 24.7 Å². The molecule has 1 aliphatic rings. The minimum absolute atomic E-state index is 0.0152. The van der Waals surface area contributed by atoms with Gasteiger partial charge in [-0.1, -0.05) is 12.1 Å². The summed E-state index contributed by atoms with van der Waals surface area (Å²) in [6.45, 7) is 5.04. The molecule has 8 heteroatoms. The van der Waals surface area contributed by atoms with E-state index in [9.17, 15) is 14.0 Å². The molecule has 1 aromatic carbocycles. The van der Waals surface area contributed by atoms with E-state index in [0.29, 0.717) is 40.1 Å². The van der Waals surface area contributed by atoms with E-state index in [4.69, 9.17) is 5.73 Å². The lowest BCUT2D eigenvalue weighted by molar-refractivity contribution is 0.0997. The van der Waals surface area contributed by atoms with Crippen LogP contribution in [0.3, 0.4) is 0 Å². The topological polar surface area (TPSA) is 80.4 Å². The first-order chi connectivity index (χ1) is 12.3. The summed E-state index contributed by atoms with van der Waals surface area (Å²) in [5.41, 5.74) is 7.72. The maximum absolute atomic E-state index is 13.7. The molecule has 0 atom stereocenters. The van der Waals surface area contributed by atoms with Crippen molar-refractivity contribution in [2.75, 3.05) is 6.54 Å². The first-order valence-electron chi connectivity index (χ1n) is 8.31. The second kappa shape index (κ2) is 7.11. The number of carbonyl (C=O) groups excluding carboxylic acids is 2. The van der Waals surface area contributed by atoms with Crippen molar-refractivity contribution in [2.24, 2.45) is 5.73 Å². The molecule has 2 heterocycles. The quantitative estimate of drug-likeness (QED) is 0.796. The highest BCUT2D eigenvalue weighted by molar-refractivity contribution is 9.10. The predicted molar refractivity (Wildman–Crippen MR) is 100 cm³/mol. The van der Waals surface area contributed by atoms with Crippen molar-refractivity contribution in [1.29, 1.82) is 0 Å². The lowest BCUT2D eigenvalue weighted by Gasteiger charge is -2.30. The number of nitrogens with one attached hydrogen (secondary N) is 1. The monoisotopic (exact) mass is 422 g/mol. The third-order valence-corrected chi connectivity index (χ3v) is 5.13. The molecule has 1 aliphatic heterocycles. The average molecular weight is 423 g/mol. The lowest BCUT2D eigenvalue weighted by Crippen LogP contribution is -2.46. The Bertz CT molecular complexity index is 878. The Morgan fingerprint density at radius 1 is 1.31 bits per heavy atom. The van der Waals surface area contributed by atoms with Crippen molar-refractivity contribution in [3.05, 3.63) is 45.9 Å². The summed E-state index contributed by atoms with van der Waals surface area (Å²) in [4.78, 5) is 26.2. The number of nitrogens with two attached hydrogens (primary N) is 1. The summed E-state index contributed by atoms with van der Waals surface area (Å²) in [6, 6.07) is 5.84. The molecule has 0 unspecified atom stereocenters. The van der Waals surface area contributed by atoms with Crippen LogP contribution in [0.25, 0.3) is 11.1 Å². The number of hydrogen-bond donors (Lipinski definition) is 2. The Labute approximate surface area is 159 Å². The van der Waals surface area contributed by atoms with Crippen LogP contribution in [0.2, 0.25) is 0 Å². The lowest BCUT2D eigenvalue weighted by atomic mass is 10.0. The number of aromatic nitrogens is 1. The summed E-state index contributed by atoms with van der Waals surface area (Å²) < 4.78 is 16.3. The van der Waals surface area contributed by atoms with Gasteiger partial charge in [-0.15, -0.1) is 0 Å². The molecule has 2 aromatic rings. The normalized spacial score (nSPS) is 13.7. The Hall–Kier alpha value is -2.35. The third-order valence-electron chi connectivity index (χ3n) is 4.30. The SMILES string of the molecule is CC(C)NC(=O)N1CCn2c(Br)c(-c3cccc(F)c3)c(C(N)=O)c2C1. The van der Waals surface area contributed by atoms with Crippen molar-refractivity contribution >= 4 is 27.9 Å². The predicted octanol–water partition coefficient (Wildman–Crippen LogP) is 3.09. The number of urea groups is 1. The number of hydrogen-bond acceptors (Lipinski definition) is 2. The van der Waals surface area contributed by atoms with E-state index in [1.54, 1.807) is 17.0 Å². The number of benzene rings is 1. The van der Waals surface area contributed by atoms with Crippen LogP contribution in [-0.4, -0.2) is 34.0 Å². The summed E-state index contributed by atoms with van der Waals surface area (Å²) in [7, 11) is 0. The minimum atomic E-state index is -0.607. The van der Waals surface area contributed by atoms with Crippen LogP contribution in [0.4, 0.5) is 9.18 Å². The second-order valence-corrected chi connectivity index (χ2v) is 7.29. The van der Waals surface area contributed by atoms with Crippen LogP contribution in [0.1, 0.15) is 29.9 Å². The van der Waals surface area contributed by atoms with Crippen LogP contribution in [-0.2, 0) is 13.1 Å². The van der Waals surface area contributed by atoms with Crippen molar-refractivity contribution in [2.45, 2.75) is 33.0 Å². The van der Waals surface area contributed by atoms with Crippen molar-refractivity contribution in [3.63, 3.8) is 0 Å². The van der Waals surface area contributed by atoms with E-state index in [-0.39, 0.29) is 18.6 Å². The van der Waals surface area contributed by atoms with Gasteiger partial charge in [-0.05, 0) is 47.5 Å².